The van der Waals surface area contributed by atoms with Crippen molar-refractivity contribution >= 4 is 10.8 Å². The van der Waals surface area contributed by atoms with Gasteiger partial charge in [-0.05, 0) is 57.0 Å². The van der Waals surface area contributed by atoms with Gasteiger partial charge in [-0.1, -0.05) is 12.1 Å². The van der Waals surface area contributed by atoms with Gasteiger partial charge in [0, 0.05) is 6.92 Å². The van der Waals surface area contributed by atoms with Crippen molar-refractivity contribution in [3.63, 3.8) is 0 Å². The highest BCUT2D eigenvalue weighted by molar-refractivity contribution is 5.93. The molecule has 0 unspecified atom stereocenters. The first-order chi connectivity index (χ1) is 13.1. The van der Waals surface area contributed by atoms with Crippen molar-refractivity contribution in [3.8, 4) is 22.6 Å². The summed E-state index contributed by atoms with van der Waals surface area (Å²) in [6.07, 6.45) is 0. The van der Waals surface area contributed by atoms with Crippen molar-refractivity contribution in [2.24, 2.45) is 0 Å². The molecule has 150 valence electrons. The quantitative estimate of drug-likeness (QED) is 0.595. The number of furan rings is 1. The molecule has 0 bridgehead atoms. The summed E-state index contributed by atoms with van der Waals surface area (Å²) in [6, 6.07) is 12.2. The SMILES string of the molecule is CCOc1ccc(-c2cc(OCC)c3c(C)oc(C)c3c(=[O+]CC)c2)cc1.[Cl-]. The van der Waals surface area contributed by atoms with Crippen LogP contribution in [-0.4, -0.2) is 19.8 Å². The number of hydrogen-bond acceptors (Lipinski definition) is 3. The van der Waals surface area contributed by atoms with Crippen LogP contribution in [0.15, 0.2) is 45.2 Å². The van der Waals surface area contributed by atoms with E-state index in [1.54, 1.807) is 0 Å². The number of halogens is 1. The van der Waals surface area contributed by atoms with Gasteiger partial charge in [0.05, 0.1) is 24.7 Å². The van der Waals surface area contributed by atoms with Gasteiger partial charge >= 0.3 is 5.43 Å². The lowest BCUT2D eigenvalue weighted by Crippen LogP contribution is -3.00. The molecule has 1 aromatic heterocycles. The number of benzene rings is 1. The van der Waals surface area contributed by atoms with E-state index in [9.17, 15) is 0 Å². The van der Waals surface area contributed by atoms with Crippen LogP contribution in [0.3, 0.4) is 0 Å². The second-order valence-corrected chi connectivity index (χ2v) is 6.26. The van der Waals surface area contributed by atoms with Gasteiger partial charge in [0.25, 0.3) is 6.61 Å². The fourth-order valence-corrected chi connectivity index (χ4v) is 3.36. The summed E-state index contributed by atoms with van der Waals surface area (Å²) in [6.45, 7) is 11.7. The molecule has 0 amide bonds. The van der Waals surface area contributed by atoms with E-state index in [4.69, 9.17) is 18.3 Å². The number of fused-ring (bicyclic) bond motifs is 1. The Hall–Kier alpha value is -2.46. The minimum atomic E-state index is 0. The van der Waals surface area contributed by atoms with Crippen molar-refractivity contribution < 1.29 is 26.3 Å². The van der Waals surface area contributed by atoms with Gasteiger partial charge < -0.3 is 26.3 Å². The van der Waals surface area contributed by atoms with E-state index in [1.807, 2.05) is 46.8 Å². The molecule has 0 fully saturated rings. The minimum Gasteiger partial charge on any atom is -1.00 e. The van der Waals surface area contributed by atoms with Crippen LogP contribution in [0.1, 0.15) is 32.3 Å². The van der Waals surface area contributed by atoms with Crippen molar-refractivity contribution in [3.05, 3.63) is 57.8 Å². The molecule has 5 heteroatoms. The van der Waals surface area contributed by atoms with Crippen LogP contribution in [0.25, 0.3) is 21.9 Å². The Balaban J connectivity index is 0.00000280. The van der Waals surface area contributed by atoms with Gasteiger partial charge in [0.2, 0.25) is 0 Å². The lowest BCUT2D eigenvalue weighted by molar-refractivity contribution is -0.00000742. The molecular weight excluding hydrogens is 376 g/mol. The molecule has 0 spiro atoms. The zero-order chi connectivity index (χ0) is 19.4. The molecule has 0 saturated carbocycles. The van der Waals surface area contributed by atoms with Crippen molar-refractivity contribution in [2.75, 3.05) is 19.8 Å². The summed E-state index contributed by atoms with van der Waals surface area (Å²) in [5.41, 5.74) is 2.90. The summed E-state index contributed by atoms with van der Waals surface area (Å²) >= 11 is 0. The van der Waals surface area contributed by atoms with Crippen LogP contribution < -0.4 is 27.3 Å². The Labute approximate surface area is 172 Å². The molecule has 0 aliphatic carbocycles. The monoisotopic (exact) mass is 402 g/mol. The molecule has 0 N–H and O–H groups in total. The van der Waals surface area contributed by atoms with Crippen LogP contribution in [0, 0.1) is 13.8 Å². The maximum Gasteiger partial charge on any atom is 0.355 e. The Morgan fingerprint density at radius 2 is 1.46 bits per heavy atom. The standard InChI is InChI=1S/C23H27O4.ClH/c1-6-24-19-11-9-17(10-12-19)18-13-20(25-7-2)22-15(4)27-16(5)23(22)21(14-18)26-8-3;/h9-14H,6-8H2,1-5H3;1H/q+1;/p-1. The Morgan fingerprint density at radius 3 is 2.07 bits per heavy atom. The number of rotatable bonds is 6. The first-order valence-corrected chi connectivity index (χ1v) is 9.48. The highest BCUT2D eigenvalue weighted by Gasteiger charge is 2.19. The van der Waals surface area contributed by atoms with E-state index in [2.05, 4.69) is 24.3 Å². The Morgan fingerprint density at radius 1 is 0.821 bits per heavy atom. The zero-order valence-electron chi connectivity index (χ0n) is 17.1. The largest absolute Gasteiger partial charge is 1.00 e. The molecule has 4 nitrogen and oxygen atoms in total. The fourth-order valence-electron chi connectivity index (χ4n) is 3.36. The van der Waals surface area contributed by atoms with Crippen LogP contribution >= 0.6 is 0 Å². The summed E-state index contributed by atoms with van der Waals surface area (Å²) in [5.74, 6) is 3.33. The molecular formula is C23H27ClO4. The predicted molar refractivity (Wildman–Crippen MR) is 110 cm³/mol. The molecule has 2 aromatic carbocycles. The normalized spacial score (nSPS) is 11.4. The number of aryl methyl sites for hydroxylation is 2. The molecule has 3 aromatic rings. The molecule has 28 heavy (non-hydrogen) atoms. The summed E-state index contributed by atoms with van der Waals surface area (Å²) in [5, 5.41) is 1.94. The number of hydrogen-bond donors (Lipinski definition) is 0. The van der Waals surface area contributed by atoms with Crippen molar-refractivity contribution in [1.29, 1.82) is 0 Å². The van der Waals surface area contributed by atoms with Crippen molar-refractivity contribution in [1.82, 2.24) is 0 Å². The third-order valence-electron chi connectivity index (χ3n) is 4.42. The van der Waals surface area contributed by atoms with Crippen LogP contribution in [0.5, 0.6) is 11.5 Å². The second kappa shape index (κ2) is 9.65. The lowest BCUT2D eigenvalue weighted by atomic mass is 10.1. The maximum atomic E-state index is 5.99. The van der Waals surface area contributed by atoms with Gasteiger partial charge in [-0.25, -0.2) is 0 Å². The summed E-state index contributed by atoms with van der Waals surface area (Å²) in [7, 11) is 0. The average Bonchev–Trinajstić information content (AvgIpc) is 2.84. The lowest BCUT2D eigenvalue weighted by Gasteiger charge is -2.06. The van der Waals surface area contributed by atoms with Gasteiger partial charge in [-0.2, -0.15) is 0 Å². The third kappa shape index (κ3) is 4.33. The van der Waals surface area contributed by atoms with E-state index >= 15 is 0 Å². The van der Waals surface area contributed by atoms with E-state index in [-0.39, 0.29) is 12.4 Å². The van der Waals surface area contributed by atoms with Crippen LogP contribution in [-0.2, 0) is 0 Å². The minimum absolute atomic E-state index is 0. The highest BCUT2D eigenvalue weighted by atomic mass is 35.5. The van der Waals surface area contributed by atoms with Gasteiger partial charge in [0.1, 0.15) is 28.4 Å². The van der Waals surface area contributed by atoms with E-state index < -0.39 is 0 Å². The zero-order valence-corrected chi connectivity index (χ0v) is 17.9. The molecule has 1 heterocycles. The summed E-state index contributed by atoms with van der Waals surface area (Å²) in [4.78, 5) is 0. The van der Waals surface area contributed by atoms with E-state index in [1.165, 1.54) is 0 Å². The molecule has 0 radical (unpaired) electrons. The smallest absolute Gasteiger partial charge is 0.355 e. The van der Waals surface area contributed by atoms with Gasteiger partial charge in [-0.15, -0.1) is 0 Å². The topological polar surface area (TPSA) is 42.9 Å². The maximum absolute atomic E-state index is 5.99. The Bertz CT molecular complexity index is 1000. The van der Waals surface area contributed by atoms with Crippen LogP contribution in [0.4, 0.5) is 0 Å². The molecule has 0 saturated heterocycles. The van der Waals surface area contributed by atoms with E-state index in [0.29, 0.717) is 19.8 Å². The van der Waals surface area contributed by atoms with Gasteiger partial charge in [0.15, 0.2) is 0 Å². The van der Waals surface area contributed by atoms with E-state index in [0.717, 1.165) is 50.3 Å². The molecule has 3 rings (SSSR count). The molecule has 0 aliphatic rings. The highest BCUT2D eigenvalue weighted by Crippen LogP contribution is 2.33. The van der Waals surface area contributed by atoms with Crippen LogP contribution in [0.2, 0.25) is 0 Å². The second-order valence-electron chi connectivity index (χ2n) is 6.26. The summed E-state index contributed by atoms with van der Waals surface area (Å²) < 4.78 is 23.4. The first-order valence-electron chi connectivity index (χ1n) is 9.48. The molecule has 0 atom stereocenters. The third-order valence-corrected chi connectivity index (χ3v) is 4.42. The van der Waals surface area contributed by atoms with Crippen molar-refractivity contribution in [2.45, 2.75) is 34.6 Å². The fraction of sp³-hybridized carbons (Fsp3) is 0.348. The average molecular weight is 403 g/mol. The first kappa shape index (κ1) is 21.8. The van der Waals surface area contributed by atoms with Gasteiger partial charge in [-0.3, -0.25) is 4.42 Å². The number of ether oxygens (including phenoxy) is 2. The molecule has 0 aliphatic heterocycles. The predicted octanol–water partition coefficient (Wildman–Crippen LogP) is 2.43. The Kier molecular flexibility index (Phi) is 7.53.